The summed E-state index contributed by atoms with van der Waals surface area (Å²) >= 11 is 0. The Morgan fingerprint density at radius 1 is 1.10 bits per heavy atom. The van der Waals surface area contributed by atoms with E-state index < -0.39 is 0 Å². The lowest BCUT2D eigenvalue weighted by Crippen LogP contribution is -2.49. The second kappa shape index (κ2) is 6.81. The zero-order valence-corrected chi connectivity index (χ0v) is 13.7. The molecule has 2 heterocycles. The first-order valence-electron chi connectivity index (χ1n) is 7.75. The molecule has 1 aliphatic heterocycles. The Labute approximate surface area is 128 Å². The van der Waals surface area contributed by atoms with Gasteiger partial charge in [0.2, 0.25) is 0 Å². The van der Waals surface area contributed by atoms with Crippen molar-refractivity contribution in [2.24, 2.45) is 5.41 Å². The van der Waals surface area contributed by atoms with Crippen molar-refractivity contribution in [2.45, 2.75) is 40.3 Å². The predicted octanol–water partition coefficient (Wildman–Crippen LogP) is 1.31. The number of aromatic nitrogens is 2. The zero-order chi connectivity index (χ0) is 15.5. The number of aliphatic hydroxyl groups is 1. The SMILES string of the molecule is Cc1cnc(CN2CCN(C[C@H](O)C(C)(C)C)CC2)cn1. The first kappa shape index (κ1) is 16.3. The summed E-state index contributed by atoms with van der Waals surface area (Å²) in [6.45, 7) is 13.9. The summed E-state index contributed by atoms with van der Waals surface area (Å²) in [6, 6.07) is 0. The van der Waals surface area contributed by atoms with E-state index >= 15 is 0 Å². The van der Waals surface area contributed by atoms with Crippen LogP contribution in [0.4, 0.5) is 0 Å². The van der Waals surface area contributed by atoms with Gasteiger partial charge < -0.3 is 5.11 Å². The van der Waals surface area contributed by atoms with Crippen LogP contribution in [0.15, 0.2) is 12.4 Å². The molecule has 0 amide bonds. The summed E-state index contributed by atoms with van der Waals surface area (Å²) in [5.41, 5.74) is 1.94. The minimum atomic E-state index is -0.271. The number of β-amino-alcohol motifs (C(OH)–C–C–N with tert-alkyl or cyclic N) is 1. The van der Waals surface area contributed by atoms with E-state index in [2.05, 4.69) is 40.5 Å². The second-order valence-corrected chi connectivity index (χ2v) is 7.11. The van der Waals surface area contributed by atoms with Crippen molar-refractivity contribution in [3.05, 3.63) is 23.8 Å². The van der Waals surface area contributed by atoms with Crippen LogP contribution in [0.3, 0.4) is 0 Å². The van der Waals surface area contributed by atoms with Crippen LogP contribution in [0, 0.1) is 12.3 Å². The molecule has 1 N–H and O–H groups in total. The third kappa shape index (κ3) is 5.02. The van der Waals surface area contributed by atoms with Gasteiger partial charge in [0, 0.05) is 51.7 Å². The predicted molar refractivity (Wildman–Crippen MR) is 83.9 cm³/mol. The van der Waals surface area contributed by atoms with Crippen molar-refractivity contribution in [2.75, 3.05) is 32.7 Å². The van der Waals surface area contributed by atoms with E-state index in [1.807, 2.05) is 19.3 Å². The van der Waals surface area contributed by atoms with Gasteiger partial charge in [-0.25, -0.2) is 0 Å². The molecule has 0 aliphatic carbocycles. The molecule has 118 valence electrons. The van der Waals surface area contributed by atoms with Gasteiger partial charge in [-0.05, 0) is 12.3 Å². The first-order valence-corrected chi connectivity index (χ1v) is 7.75. The molecule has 0 spiro atoms. The molecule has 5 heteroatoms. The summed E-state index contributed by atoms with van der Waals surface area (Å²) in [4.78, 5) is 13.5. The minimum Gasteiger partial charge on any atom is -0.391 e. The lowest BCUT2D eigenvalue weighted by atomic mass is 9.89. The molecule has 0 radical (unpaired) electrons. The standard InChI is InChI=1S/C16H28N4O/c1-13-9-18-14(10-17-13)11-19-5-7-20(8-6-19)12-15(21)16(2,3)4/h9-10,15,21H,5-8,11-12H2,1-4H3/t15-/m0/s1. The summed E-state index contributed by atoms with van der Waals surface area (Å²) in [6.07, 6.45) is 3.42. The van der Waals surface area contributed by atoms with E-state index in [1.54, 1.807) is 0 Å². The molecule has 0 unspecified atom stereocenters. The maximum Gasteiger partial charge on any atom is 0.0727 e. The monoisotopic (exact) mass is 292 g/mol. The molecule has 1 aromatic heterocycles. The summed E-state index contributed by atoms with van der Waals surface area (Å²) in [5, 5.41) is 10.2. The molecule has 0 aromatic carbocycles. The Hall–Kier alpha value is -1.04. The Morgan fingerprint density at radius 2 is 1.71 bits per heavy atom. The van der Waals surface area contributed by atoms with Crippen molar-refractivity contribution >= 4 is 0 Å². The fourth-order valence-electron chi connectivity index (χ4n) is 2.38. The Bertz CT molecular complexity index is 433. The van der Waals surface area contributed by atoms with Gasteiger partial charge in [0.1, 0.15) is 0 Å². The van der Waals surface area contributed by atoms with Crippen LogP contribution >= 0.6 is 0 Å². The van der Waals surface area contributed by atoms with Crippen LogP contribution in [0.5, 0.6) is 0 Å². The Kier molecular flexibility index (Phi) is 5.30. The van der Waals surface area contributed by atoms with Crippen LogP contribution in [0.25, 0.3) is 0 Å². The highest BCUT2D eigenvalue weighted by molar-refractivity contribution is 5.00. The van der Waals surface area contributed by atoms with E-state index in [0.29, 0.717) is 0 Å². The highest BCUT2D eigenvalue weighted by Crippen LogP contribution is 2.20. The molecule has 0 bridgehead atoms. The number of aliphatic hydroxyl groups excluding tert-OH is 1. The summed E-state index contributed by atoms with van der Waals surface area (Å²) < 4.78 is 0. The van der Waals surface area contributed by atoms with Gasteiger partial charge in [-0.15, -0.1) is 0 Å². The van der Waals surface area contributed by atoms with Gasteiger partial charge >= 0.3 is 0 Å². The van der Waals surface area contributed by atoms with Crippen LogP contribution in [0.1, 0.15) is 32.2 Å². The average Bonchev–Trinajstić information content (AvgIpc) is 2.42. The fourth-order valence-corrected chi connectivity index (χ4v) is 2.38. The number of nitrogens with zero attached hydrogens (tertiary/aromatic N) is 4. The highest BCUT2D eigenvalue weighted by Gasteiger charge is 2.26. The van der Waals surface area contributed by atoms with Gasteiger partial charge in [-0.3, -0.25) is 19.8 Å². The summed E-state index contributed by atoms with van der Waals surface area (Å²) in [7, 11) is 0. The maximum atomic E-state index is 10.2. The van der Waals surface area contributed by atoms with E-state index in [1.165, 1.54) is 0 Å². The molecule has 2 rings (SSSR count). The molecule has 1 aliphatic rings. The topological polar surface area (TPSA) is 52.5 Å². The maximum absolute atomic E-state index is 10.2. The molecule has 1 fully saturated rings. The fraction of sp³-hybridized carbons (Fsp3) is 0.750. The molecular formula is C16H28N4O. The number of rotatable bonds is 4. The zero-order valence-electron chi connectivity index (χ0n) is 13.7. The smallest absolute Gasteiger partial charge is 0.0727 e. The minimum absolute atomic E-state index is 0.0470. The van der Waals surface area contributed by atoms with Crippen molar-refractivity contribution < 1.29 is 5.11 Å². The molecule has 1 atom stereocenters. The van der Waals surface area contributed by atoms with Gasteiger partial charge in [0.15, 0.2) is 0 Å². The Balaban J connectivity index is 1.77. The van der Waals surface area contributed by atoms with Crippen molar-refractivity contribution in [1.82, 2.24) is 19.8 Å². The summed E-state index contributed by atoms with van der Waals surface area (Å²) in [5.74, 6) is 0. The molecule has 0 saturated carbocycles. The van der Waals surface area contributed by atoms with Crippen molar-refractivity contribution in [1.29, 1.82) is 0 Å². The lowest BCUT2D eigenvalue weighted by Gasteiger charge is -2.37. The lowest BCUT2D eigenvalue weighted by molar-refractivity contribution is 0.0124. The van der Waals surface area contributed by atoms with E-state index in [9.17, 15) is 5.11 Å². The van der Waals surface area contributed by atoms with Crippen molar-refractivity contribution in [3.8, 4) is 0 Å². The Morgan fingerprint density at radius 3 is 2.24 bits per heavy atom. The van der Waals surface area contributed by atoms with Crippen molar-refractivity contribution in [3.63, 3.8) is 0 Å². The largest absolute Gasteiger partial charge is 0.391 e. The van der Waals surface area contributed by atoms with Gasteiger partial charge in [0.05, 0.1) is 17.5 Å². The van der Waals surface area contributed by atoms with E-state index in [0.717, 1.165) is 50.7 Å². The second-order valence-electron chi connectivity index (χ2n) is 7.11. The van der Waals surface area contributed by atoms with Gasteiger partial charge in [-0.1, -0.05) is 20.8 Å². The molecule has 21 heavy (non-hydrogen) atoms. The van der Waals surface area contributed by atoms with E-state index in [4.69, 9.17) is 0 Å². The number of piperazine rings is 1. The number of hydrogen-bond donors (Lipinski definition) is 1. The quantitative estimate of drug-likeness (QED) is 0.907. The van der Waals surface area contributed by atoms with Gasteiger partial charge in [-0.2, -0.15) is 0 Å². The van der Waals surface area contributed by atoms with Gasteiger partial charge in [0.25, 0.3) is 0 Å². The van der Waals surface area contributed by atoms with Crippen LogP contribution in [0.2, 0.25) is 0 Å². The molecule has 5 nitrogen and oxygen atoms in total. The van der Waals surface area contributed by atoms with Crippen LogP contribution in [-0.4, -0.2) is 63.7 Å². The number of hydrogen-bond acceptors (Lipinski definition) is 5. The average molecular weight is 292 g/mol. The van der Waals surface area contributed by atoms with E-state index in [-0.39, 0.29) is 11.5 Å². The third-order valence-electron chi connectivity index (χ3n) is 4.12. The highest BCUT2D eigenvalue weighted by atomic mass is 16.3. The number of aryl methyl sites for hydroxylation is 1. The third-order valence-corrected chi connectivity index (χ3v) is 4.12. The van der Waals surface area contributed by atoms with Crippen LogP contribution < -0.4 is 0 Å². The molecule has 1 aromatic rings. The normalized spacial score (nSPS) is 19.7. The first-order chi connectivity index (χ1) is 9.84. The molecule has 1 saturated heterocycles. The molecular weight excluding hydrogens is 264 g/mol. The van der Waals surface area contributed by atoms with Crippen LogP contribution in [-0.2, 0) is 6.54 Å².